The summed E-state index contributed by atoms with van der Waals surface area (Å²) in [6, 6.07) is 0.189. The molecule has 0 unspecified atom stereocenters. The Morgan fingerprint density at radius 3 is 1.96 bits per heavy atom. The minimum absolute atomic E-state index is 0. The smallest absolute Gasteiger partial charge is 0.319 e. The summed E-state index contributed by atoms with van der Waals surface area (Å²) in [5.41, 5.74) is 0. The zero-order chi connectivity index (χ0) is 17.6. The minimum atomic E-state index is 0. The molecule has 0 bridgehead atoms. The number of urea groups is 1. The maximum absolute atomic E-state index is 12.8. The molecule has 3 fully saturated rings. The summed E-state index contributed by atoms with van der Waals surface area (Å²) in [5, 5.41) is 3.22. The lowest BCUT2D eigenvalue weighted by atomic mass is 9.90. The number of carbonyl (C=O) groups is 2. The van der Waals surface area contributed by atoms with Crippen LogP contribution in [-0.4, -0.2) is 79.5 Å². The minimum Gasteiger partial charge on any atom is -0.342 e. The lowest BCUT2D eigenvalue weighted by molar-refractivity contribution is -0.138. The third kappa shape index (κ3) is 5.26. The summed E-state index contributed by atoms with van der Waals surface area (Å²) in [7, 11) is 2.00. The van der Waals surface area contributed by atoms with Gasteiger partial charge in [0.1, 0.15) is 0 Å². The van der Waals surface area contributed by atoms with Crippen molar-refractivity contribution in [2.24, 2.45) is 11.8 Å². The van der Waals surface area contributed by atoms with Crippen LogP contribution in [-0.2, 0) is 4.79 Å². The van der Waals surface area contributed by atoms with Crippen LogP contribution in [0.1, 0.15) is 44.9 Å². The van der Waals surface area contributed by atoms with Crippen molar-refractivity contribution in [1.29, 1.82) is 0 Å². The first-order valence-electron chi connectivity index (χ1n) is 10.2. The van der Waals surface area contributed by atoms with E-state index < -0.39 is 0 Å². The van der Waals surface area contributed by atoms with Crippen LogP contribution in [0.2, 0.25) is 0 Å². The van der Waals surface area contributed by atoms with Gasteiger partial charge in [0.05, 0.1) is 0 Å². The van der Waals surface area contributed by atoms with Gasteiger partial charge in [0, 0.05) is 45.2 Å². The third-order valence-electron chi connectivity index (χ3n) is 6.22. The van der Waals surface area contributed by atoms with E-state index >= 15 is 0 Å². The van der Waals surface area contributed by atoms with Crippen molar-refractivity contribution < 1.29 is 9.59 Å². The van der Waals surface area contributed by atoms with Gasteiger partial charge < -0.3 is 20.0 Å². The molecule has 150 valence electrons. The first-order chi connectivity index (χ1) is 12.2. The molecule has 0 spiro atoms. The number of hydrogen-bond acceptors (Lipinski definition) is 3. The van der Waals surface area contributed by atoms with Crippen LogP contribution >= 0.6 is 12.4 Å². The van der Waals surface area contributed by atoms with E-state index in [1.165, 1.54) is 6.42 Å². The quantitative estimate of drug-likeness (QED) is 0.805. The van der Waals surface area contributed by atoms with Gasteiger partial charge in [0.2, 0.25) is 5.91 Å². The molecule has 3 rings (SSSR count). The average Bonchev–Trinajstić information content (AvgIpc) is 3.20. The fourth-order valence-corrected chi connectivity index (χ4v) is 4.47. The lowest BCUT2D eigenvalue weighted by Gasteiger charge is -2.38. The van der Waals surface area contributed by atoms with Gasteiger partial charge >= 0.3 is 6.03 Å². The van der Waals surface area contributed by atoms with E-state index in [9.17, 15) is 9.59 Å². The van der Waals surface area contributed by atoms with Crippen LogP contribution in [0.25, 0.3) is 0 Å². The molecule has 1 N–H and O–H groups in total. The standard InChI is InChI=1S/C19H34N4O2.ClH/c1-20-9-4-16-5-12-21(13-6-16)18(24)17-7-14-23(15-8-17)19(25)22-10-2-3-11-22;/h16-17,20H,2-15H2,1H3;1H. The van der Waals surface area contributed by atoms with Crippen molar-refractivity contribution >= 4 is 24.3 Å². The molecule has 6 nitrogen and oxygen atoms in total. The van der Waals surface area contributed by atoms with Gasteiger partial charge in [0.25, 0.3) is 0 Å². The highest BCUT2D eigenvalue weighted by molar-refractivity contribution is 5.85. The molecule has 0 saturated carbocycles. The van der Waals surface area contributed by atoms with Crippen molar-refractivity contribution in [2.75, 3.05) is 52.9 Å². The Hall–Kier alpha value is -1.01. The average molecular weight is 387 g/mol. The predicted molar refractivity (Wildman–Crippen MR) is 106 cm³/mol. The normalized spacial score (nSPS) is 22.4. The highest BCUT2D eigenvalue weighted by Crippen LogP contribution is 2.25. The van der Waals surface area contributed by atoms with Crippen molar-refractivity contribution in [3.05, 3.63) is 0 Å². The highest BCUT2D eigenvalue weighted by atomic mass is 35.5. The molecular formula is C19H35ClN4O2. The number of piperidine rings is 2. The monoisotopic (exact) mass is 386 g/mol. The van der Waals surface area contributed by atoms with Crippen LogP contribution in [0, 0.1) is 11.8 Å². The molecule has 0 atom stereocenters. The van der Waals surface area contributed by atoms with E-state index in [0.717, 1.165) is 90.3 Å². The third-order valence-corrected chi connectivity index (χ3v) is 6.22. The van der Waals surface area contributed by atoms with Gasteiger partial charge in [-0.05, 0) is 64.5 Å². The maximum Gasteiger partial charge on any atom is 0.319 e. The molecule has 3 amide bonds. The van der Waals surface area contributed by atoms with Crippen LogP contribution in [0.15, 0.2) is 0 Å². The molecule has 0 radical (unpaired) electrons. The number of nitrogens with one attached hydrogen (secondary N) is 1. The summed E-state index contributed by atoms with van der Waals surface area (Å²) < 4.78 is 0. The lowest BCUT2D eigenvalue weighted by Crippen LogP contribution is -2.49. The van der Waals surface area contributed by atoms with Crippen molar-refractivity contribution in [1.82, 2.24) is 20.0 Å². The Labute approximate surface area is 164 Å². The molecule has 3 aliphatic rings. The summed E-state index contributed by atoms with van der Waals surface area (Å²) in [4.78, 5) is 31.3. The topological polar surface area (TPSA) is 55.9 Å². The fourth-order valence-electron chi connectivity index (χ4n) is 4.47. The van der Waals surface area contributed by atoms with Gasteiger partial charge in [-0.1, -0.05) is 0 Å². The second-order valence-electron chi connectivity index (χ2n) is 7.90. The number of amides is 3. The van der Waals surface area contributed by atoms with Gasteiger partial charge in [-0.2, -0.15) is 0 Å². The van der Waals surface area contributed by atoms with Crippen LogP contribution in [0.4, 0.5) is 4.79 Å². The van der Waals surface area contributed by atoms with E-state index in [1.807, 2.05) is 16.8 Å². The molecule has 0 aromatic carbocycles. The van der Waals surface area contributed by atoms with Crippen molar-refractivity contribution in [3.8, 4) is 0 Å². The van der Waals surface area contributed by atoms with Gasteiger partial charge in [-0.15, -0.1) is 12.4 Å². The molecule has 0 aliphatic carbocycles. The molecule has 0 aromatic rings. The number of likely N-dealkylation sites (tertiary alicyclic amines) is 3. The fraction of sp³-hybridized carbons (Fsp3) is 0.895. The van der Waals surface area contributed by atoms with Crippen molar-refractivity contribution in [3.63, 3.8) is 0 Å². The van der Waals surface area contributed by atoms with E-state index in [-0.39, 0.29) is 24.4 Å². The van der Waals surface area contributed by atoms with Gasteiger partial charge in [0.15, 0.2) is 0 Å². The predicted octanol–water partition coefficient (Wildman–Crippen LogP) is 2.18. The van der Waals surface area contributed by atoms with Crippen LogP contribution < -0.4 is 5.32 Å². The summed E-state index contributed by atoms with van der Waals surface area (Å²) in [5.74, 6) is 1.22. The number of rotatable bonds is 4. The molecule has 3 heterocycles. The summed E-state index contributed by atoms with van der Waals surface area (Å²) in [6.07, 6.45) is 7.42. The molecule has 3 aliphatic heterocycles. The Morgan fingerprint density at radius 1 is 0.846 bits per heavy atom. The number of nitrogens with zero attached hydrogens (tertiary/aromatic N) is 3. The molecular weight excluding hydrogens is 352 g/mol. The maximum atomic E-state index is 12.8. The van der Waals surface area contributed by atoms with Gasteiger partial charge in [-0.25, -0.2) is 4.79 Å². The summed E-state index contributed by atoms with van der Waals surface area (Å²) in [6.45, 7) is 6.19. The number of hydrogen-bond donors (Lipinski definition) is 1. The number of halogens is 1. The first kappa shape index (κ1) is 21.3. The zero-order valence-corrected chi connectivity index (χ0v) is 16.9. The first-order valence-corrected chi connectivity index (χ1v) is 10.2. The Kier molecular flexibility index (Phi) is 8.48. The molecule has 3 saturated heterocycles. The Balaban J connectivity index is 0.00000243. The molecule has 7 heteroatoms. The Morgan fingerprint density at radius 2 is 1.38 bits per heavy atom. The largest absolute Gasteiger partial charge is 0.342 e. The SMILES string of the molecule is CNCCC1CCN(C(=O)C2CCN(C(=O)N3CCCC3)CC2)CC1.Cl. The van der Waals surface area contributed by atoms with E-state index in [2.05, 4.69) is 10.2 Å². The van der Waals surface area contributed by atoms with Gasteiger partial charge in [-0.3, -0.25) is 4.79 Å². The van der Waals surface area contributed by atoms with Crippen molar-refractivity contribution in [2.45, 2.75) is 44.9 Å². The molecule has 26 heavy (non-hydrogen) atoms. The van der Waals surface area contributed by atoms with E-state index in [1.54, 1.807) is 0 Å². The van der Waals surface area contributed by atoms with E-state index in [0.29, 0.717) is 5.91 Å². The Bertz CT molecular complexity index is 454. The van der Waals surface area contributed by atoms with Crippen LogP contribution in [0.3, 0.4) is 0 Å². The highest BCUT2D eigenvalue weighted by Gasteiger charge is 2.33. The van der Waals surface area contributed by atoms with E-state index in [4.69, 9.17) is 0 Å². The molecule has 0 aromatic heterocycles. The van der Waals surface area contributed by atoms with Crippen LogP contribution in [0.5, 0.6) is 0 Å². The second kappa shape index (κ2) is 10.4. The zero-order valence-electron chi connectivity index (χ0n) is 16.1. The summed E-state index contributed by atoms with van der Waals surface area (Å²) >= 11 is 0. The second-order valence-corrected chi connectivity index (χ2v) is 7.90. The number of carbonyl (C=O) groups excluding carboxylic acids is 2.